The highest BCUT2D eigenvalue weighted by atomic mass is 32.2. The first-order valence-electron chi connectivity index (χ1n) is 12.0. The Kier molecular flexibility index (Phi) is 7.20. The van der Waals surface area contributed by atoms with E-state index in [0.717, 1.165) is 34.2 Å². The van der Waals surface area contributed by atoms with Crippen LogP contribution in [-0.2, 0) is 21.4 Å². The summed E-state index contributed by atoms with van der Waals surface area (Å²) in [5, 5.41) is 0. The number of benzene rings is 3. The number of anilines is 1. The van der Waals surface area contributed by atoms with E-state index >= 15 is 0 Å². The first kappa shape index (κ1) is 24.9. The lowest BCUT2D eigenvalue weighted by atomic mass is 10.1. The summed E-state index contributed by atoms with van der Waals surface area (Å²) in [6.07, 6.45) is 1.11. The van der Waals surface area contributed by atoms with Crippen LogP contribution in [-0.4, -0.2) is 69.9 Å². The van der Waals surface area contributed by atoms with E-state index < -0.39 is 10.0 Å². The Morgan fingerprint density at radius 2 is 1.57 bits per heavy atom. The monoisotopic (exact) mass is 523 g/mol. The molecule has 0 bridgehead atoms. The number of hydrogen-bond acceptors (Lipinski definition) is 7. The fourth-order valence-corrected chi connectivity index (χ4v) is 5.23. The summed E-state index contributed by atoms with van der Waals surface area (Å²) in [4.78, 5) is 17.1. The summed E-state index contributed by atoms with van der Waals surface area (Å²) in [7, 11) is -3.67. The standard InChI is InChI=1S/C27H29N3O6S/c1-37(32,33)30(22-8-10-24(11-9-22)36-23-5-3-2-4-6-23)19-27(31)29-15-13-28(14-16-29)18-21-7-12-25-26(17-21)35-20-34-25/h2-12,17H,13-16,18-20H2,1H3. The van der Waals surface area contributed by atoms with Gasteiger partial charge in [0.2, 0.25) is 22.7 Å². The molecule has 0 aliphatic carbocycles. The van der Waals surface area contributed by atoms with Gasteiger partial charge in [-0.15, -0.1) is 0 Å². The lowest BCUT2D eigenvalue weighted by Gasteiger charge is -2.35. The molecule has 0 spiro atoms. The molecule has 0 aromatic heterocycles. The maximum atomic E-state index is 13.1. The number of para-hydroxylation sites is 1. The van der Waals surface area contributed by atoms with Gasteiger partial charge in [0, 0.05) is 32.7 Å². The zero-order valence-corrected chi connectivity index (χ0v) is 21.4. The third-order valence-corrected chi connectivity index (χ3v) is 7.49. The highest BCUT2D eigenvalue weighted by Gasteiger charge is 2.27. The van der Waals surface area contributed by atoms with Gasteiger partial charge in [0.25, 0.3) is 0 Å². The Labute approximate surface area is 216 Å². The summed E-state index contributed by atoms with van der Waals surface area (Å²) in [6.45, 7) is 3.20. The molecule has 194 valence electrons. The van der Waals surface area contributed by atoms with Crippen molar-refractivity contribution in [3.05, 3.63) is 78.4 Å². The largest absolute Gasteiger partial charge is 0.457 e. The van der Waals surface area contributed by atoms with Crippen LogP contribution in [0.1, 0.15) is 5.56 Å². The molecule has 2 aliphatic heterocycles. The molecule has 9 nitrogen and oxygen atoms in total. The summed E-state index contributed by atoms with van der Waals surface area (Å²) in [5.74, 6) is 2.55. The van der Waals surface area contributed by atoms with Crippen LogP contribution in [0.4, 0.5) is 5.69 Å². The quantitative estimate of drug-likeness (QED) is 0.448. The van der Waals surface area contributed by atoms with Gasteiger partial charge >= 0.3 is 0 Å². The van der Waals surface area contributed by atoms with Crippen molar-refractivity contribution in [1.82, 2.24) is 9.80 Å². The van der Waals surface area contributed by atoms with Gasteiger partial charge in [-0.2, -0.15) is 0 Å². The average Bonchev–Trinajstić information content (AvgIpc) is 3.36. The Bertz CT molecular complexity index is 1340. The van der Waals surface area contributed by atoms with Crippen LogP contribution in [0.25, 0.3) is 0 Å². The molecule has 1 fully saturated rings. The van der Waals surface area contributed by atoms with Crippen LogP contribution in [0, 0.1) is 0 Å². The predicted molar refractivity (Wildman–Crippen MR) is 140 cm³/mol. The lowest BCUT2D eigenvalue weighted by molar-refractivity contribution is -0.131. The fourth-order valence-electron chi connectivity index (χ4n) is 4.38. The van der Waals surface area contributed by atoms with E-state index in [2.05, 4.69) is 4.90 Å². The van der Waals surface area contributed by atoms with Gasteiger partial charge in [0.05, 0.1) is 11.9 Å². The molecule has 3 aromatic carbocycles. The molecule has 0 N–H and O–H groups in total. The number of piperazine rings is 1. The number of hydrogen-bond donors (Lipinski definition) is 0. The summed E-state index contributed by atoms with van der Waals surface area (Å²) >= 11 is 0. The van der Waals surface area contributed by atoms with E-state index in [1.165, 1.54) is 0 Å². The van der Waals surface area contributed by atoms with E-state index in [1.807, 2.05) is 48.5 Å². The van der Waals surface area contributed by atoms with Crippen molar-refractivity contribution in [2.24, 2.45) is 0 Å². The molecule has 1 amide bonds. The number of carbonyl (C=O) groups is 1. The number of ether oxygens (including phenoxy) is 3. The maximum Gasteiger partial charge on any atom is 0.243 e. The number of rotatable bonds is 8. The van der Waals surface area contributed by atoms with E-state index in [1.54, 1.807) is 29.2 Å². The average molecular weight is 524 g/mol. The van der Waals surface area contributed by atoms with Gasteiger partial charge in [0.15, 0.2) is 11.5 Å². The van der Waals surface area contributed by atoms with Gasteiger partial charge in [0.1, 0.15) is 18.0 Å². The van der Waals surface area contributed by atoms with Crippen LogP contribution in [0.3, 0.4) is 0 Å². The second-order valence-electron chi connectivity index (χ2n) is 9.02. The van der Waals surface area contributed by atoms with E-state index in [-0.39, 0.29) is 19.2 Å². The highest BCUT2D eigenvalue weighted by Crippen LogP contribution is 2.33. The third-order valence-electron chi connectivity index (χ3n) is 6.35. The zero-order valence-electron chi connectivity index (χ0n) is 20.6. The predicted octanol–water partition coefficient (Wildman–Crippen LogP) is 3.32. The minimum absolute atomic E-state index is 0.224. The number of carbonyl (C=O) groups excluding carboxylic acids is 1. The van der Waals surface area contributed by atoms with Gasteiger partial charge in [-0.25, -0.2) is 8.42 Å². The molecule has 3 aromatic rings. The maximum absolute atomic E-state index is 13.1. The van der Waals surface area contributed by atoms with Crippen LogP contribution >= 0.6 is 0 Å². The molecule has 0 saturated carbocycles. The second-order valence-corrected chi connectivity index (χ2v) is 10.9. The van der Waals surface area contributed by atoms with Gasteiger partial charge in [-0.05, 0) is 54.1 Å². The van der Waals surface area contributed by atoms with E-state index in [9.17, 15) is 13.2 Å². The zero-order chi connectivity index (χ0) is 25.8. The molecule has 37 heavy (non-hydrogen) atoms. The van der Waals surface area contributed by atoms with Crippen LogP contribution in [0.5, 0.6) is 23.0 Å². The number of fused-ring (bicyclic) bond motifs is 1. The van der Waals surface area contributed by atoms with Crippen molar-refractivity contribution in [2.75, 3.05) is 50.1 Å². The molecule has 0 atom stereocenters. The van der Waals surface area contributed by atoms with Crippen molar-refractivity contribution >= 4 is 21.6 Å². The molecule has 2 aliphatic rings. The Morgan fingerprint density at radius 1 is 0.892 bits per heavy atom. The Balaban J connectivity index is 1.17. The van der Waals surface area contributed by atoms with Gasteiger partial charge < -0.3 is 19.1 Å². The fraction of sp³-hybridized carbons (Fsp3) is 0.296. The highest BCUT2D eigenvalue weighted by molar-refractivity contribution is 7.92. The van der Waals surface area contributed by atoms with Gasteiger partial charge in [-0.1, -0.05) is 24.3 Å². The third kappa shape index (κ3) is 6.15. The molecule has 2 heterocycles. The van der Waals surface area contributed by atoms with Crippen LogP contribution < -0.4 is 18.5 Å². The number of nitrogens with zero attached hydrogens (tertiary/aromatic N) is 3. The van der Waals surface area contributed by atoms with E-state index in [0.29, 0.717) is 43.4 Å². The molecular formula is C27H29N3O6S. The van der Waals surface area contributed by atoms with E-state index in [4.69, 9.17) is 14.2 Å². The molecule has 5 rings (SSSR count). The van der Waals surface area contributed by atoms with Crippen molar-refractivity contribution < 1.29 is 27.4 Å². The second kappa shape index (κ2) is 10.7. The first-order valence-corrected chi connectivity index (χ1v) is 13.9. The topological polar surface area (TPSA) is 88.6 Å². The molecule has 0 radical (unpaired) electrons. The summed E-state index contributed by atoms with van der Waals surface area (Å²) in [5.41, 5.74) is 1.53. The van der Waals surface area contributed by atoms with Crippen LogP contribution in [0.2, 0.25) is 0 Å². The normalized spacial score (nSPS) is 15.4. The lowest BCUT2D eigenvalue weighted by Crippen LogP contribution is -2.51. The molecule has 0 unspecified atom stereocenters. The smallest absolute Gasteiger partial charge is 0.243 e. The Morgan fingerprint density at radius 3 is 2.27 bits per heavy atom. The minimum atomic E-state index is -3.67. The molecular weight excluding hydrogens is 494 g/mol. The summed E-state index contributed by atoms with van der Waals surface area (Å²) < 4.78 is 42.9. The Hall–Kier alpha value is -3.76. The summed E-state index contributed by atoms with van der Waals surface area (Å²) in [6, 6.07) is 21.9. The first-order chi connectivity index (χ1) is 17.8. The van der Waals surface area contributed by atoms with Crippen molar-refractivity contribution in [2.45, 2.75) is 6.54 Å². The molecule has 1 saturated heterocycles. The SMILES string of the molecule is CS(=O)(=O)N(CC(=O)N1CCN(Cc2ccc3c(c2)OCO3)CC1)c1ccc(Oc2ccccc2)cc1. The van der Waals surface area contributed by atoms with Crippen LogP contribution in [0.15, 0.2) is 72.8 Å². The van der Waals surface area contributed by atoms with Crippen molar-refractivity contribution in [3.63, 3.8) is 0 Å². The minimum Gasteiger partial charge on any atom is -0.457 e. The number of amides is 1. The van der Waals surface area contributed by atoms with Crippen molar-refractivity contribution in [1.29, 1.82) is 0 Å². The molecule has 10 heteroatoms. The number of sulfonamides is 1. The van der Waals surface area contributed by atoms with Crippen molar-refractivity contribution in [3.8, 4) is 23.0 Å². The van der Waals surface area contributed by atoms with Gasteiger partial charge in [-0.3, -0.25) is 14.0 Å².